The lowest BCUT2D eigenvalue weighted by Gasteiger charge is -2.14. The molecule has 0 heterocycles. The standard InChI is InChI=1S/C22H36O3S/c1-3-4-5-6-7-8-9-10-14-17-22(26(2,24)25)21(23)19-18-20-15-12-11-13-16-20/h11-13,15-17,21,23H,3-10,14,18-19H2,1-2H3. The molecule has 0 bridgehead atoms. The molecule has 0 radical (unpaired) electrons. The van der Waals surface area contributed by atoms with Gasteiger partial charge in [0.15, 0.2) is 9.84 Å². The van der Waals surface area contributed by atoms with Crippen molar-refractivity contribution >= 4 is 9.84 Å². The van der Waals surface area contributed by atoms with Gasteiger partial charge in [0.1, 0.15) is 0 Å². The van der Waals surface area contributed by atoms with Crippen LogP contribution in [0.15, 0.2) is 41.3 Å². The number of hydrogen-bond acceptors (Lipinski definition) is 3. The molecule has 0 aliphatic heterocycles. The highest BCUT2D eigenvalue weighted by atomic mass is 32.2. The molecule has 0 aliphatic rings. The second-order valence-corrected chi connectivity index (χ2v) is 9.20. The minimum Gasteiger partial charge on any atom is -0.388 e. The molecule has 3 nitrogen and oxygen atoms in total. The summed E-state index contributed by atoms with van der Waals surface area (Å²) in [6, 6.07) is 9.86. The molecule has 148 valence electrons. The maximum absolute atomic E-state index is 12.0. The van der Waals surface area contributed by atoms with E-state index in [1.165, 1.54) is 44.8 Å². The van der Waals surface area contributed by atoms with Crippen molar-refractivity contribution in [2.24, 2.45) is 0 Å². The van der Waals surface area contributed by atoms with Crippen molar-refractivity contribution in [3.05, 3.63) is 46.9 Å². The van der Waals surface area contributed by atoms with Gasteiger partial charge in [-0.15, -0.1) is 0 Å². The molecule has 1 aromatic carbocycles. The second-order valence-electron chi connectivity index (χ2n) is 7.18. The Labute approximate surface area is 160 Å². The zero-order chi connectivity index (χ0) is 19.3. The molecule has 1 N–H and O–H groups in total. The third-order valence-electron chi connectivity index (χ3n) is 4.71. The molecule has 0 aromatic heterocycles. The molecular weight excluding hydrogens is 344 g/mol. The summed E-state index contributed by atoms with van der Waals surface area (Å²) in [5, 5.41) is 10.4. The van der Waals surface area contributed by atoms with E-state index in [9.17, 15) is 13.5 Å². The van der Waals surface area contributed by atoms with Crippen LogP contribution >= 0.6 is 0 Å². The van der Waals surface area contributed by atoms with Crippen molar-refractivity contribution in [1.82, 2.24) is 0 Å². The first-order chi connectivity index (χ1) is 12.4. The lowest BCUT2D eigenvalue weighted by Crippen LogP contribution is -2.18. The lowest BCUT2D eigenvalue weighted by atomic mass is 10.1. The molecule has 26 heavy (non-hydrogen) atoms. The SMILES string of the molecule is CCCCCCCCCCC=C(C(O)CCc1ccccc1)S(C)(=O)=O. The van der Waals surface area contributed by atoms with E-state index in [4.69, 9.17) is 0 Å². The fraction of sp³-hybridized carbons (Fsp3) is 0.636. The zero-order valence-electron chi connectivity index (χ0n) is 16.5. The van der Waals surface area contributed by atoms with Crippen molar-refractivity contribution in [3.8, 4) is 0 Å². The summed E-state index contributed by atoms with van der Waals surface area (Å²) in [5.41, 5.74) is 1.11. The largest absolute Gasteiger partial charge is 0.388 e. The molecule has 1 rings (SSSR count). The molecule has 4 heteroatoms. The van der Waals surface area contributed by atoms with Crippen LogP contribution in [0, 0.1) is 0 Å². The molecule has 0 saturated heterocycles. The van der Waals surface area contributed by atoms with Gasteiger partial charge in [0, 0.05) is 6.26 Å². The molecule has 0 spiro atoms. The summed E-state index contributed by atoms with van der Waals surface area (Å²) in [4.78, 5) is 0.191. The number of aryl methyl sites for hydroxylation is 1. The van der Waals surface area contributed by atoms with E-state index in [2.05, 4.69) is 6.92 Å². The number of aliphatic hydroxyl groups is 1. The fourth-order valence-electron chi connectivity index (χ4n) is 3.15. The van der Waals surface area contributed by atoms with Crippen LogP contribution in [0.5, 0.6) is 0 Å². The number of unbranched alkanes of at least 4 members (excludes halogenated alkanes) is 8. The Hall–Kier alpha value is -1.13. The van der Waals surface area contributed by atoms with E-state index < -0.39 is 15.9 Å². The van der Waals surface area contributed by atoms with Gasteiger partial charge in [-0.2, -0.15) is 0 Å². The summed E-state index contributed by atoms with van der Waals surface area (Å²) in [6.07, 6.45) is 13.6. The van der Waals surface area contributed by atoms with Gasteiger partial charge in [0.25, 0.3) is 0 Å². The Morgan fingerprint density at radius 1 is 1.00 bits per heavy atom. The Morgan fingerprint density at radius 2 is 1.58 bits per heavy atom. The van der Waals surface area contributed by atoms with Crippen LogP contribution in [-0.2, 0) is 16.3 Å². The first-order valence-corrected chi connectivity index (χ1v) is 12.0. The molecule has 0 amide bonds. The molecular formula is C22H36O3S. The molecule has 0 fully saturated rings. The molecule has 1 unspecified atom stereocenters. The first-order valence-electron chi connectivity index (χ1n) is 10.1. The minimum absolute atomic E-state index is 0.191. The average molecular weight is 381 g/mol. The Kier molecular flexibility index (Phi) is 11.5. The summed E-state index contributed by atoms with van der Waals surface area (Å²) in [5.74, 6) is 0. The molecule has 1 aromatic rings. The van der Waals surface area contributed by atoms with Gasteiger partial charge in [-0.05, 0) is 31.2 Å². The highest BCUT2D eigenvalue weighted by Gasteiger charge is 2.20. The first kappa shape index (κ1) is 22.9. The highest BCUT2D eigenvalue weighted by Crippen LogP contribution is 2.18. The van der Waals surface area contributed by atoms with Crippen molar-refractivity contribution in [2.45, 2.75) is 83.7 Å². The van der Waals surface area contributed by atoms with E-state index in [1.807, 2.05) is 30.3 Å². The third kappa shape index (κ3) is 10.1. The van der Waals surface area contributed by atoms with Crippen molar-refractivity contribution in [2.75, 3.05) is 6.26 Å². The number of sulfone groups is 1. The molecule has 1 atom stereocenters. The Morgan fingerprint density at radius 3 is 2.15 bits per heavy atom. The Balaban J connectivity index is 2.39. The minimum atomic E-state index is -3.37. The molecule has 0 aliphatic carbocycles. The maximum Gasteiger partial charge on any atom is 0.173 e. The average Bonchev–Trinajstić information content (AvgIpc) is 2.61. The number of aliphatic hydroxyl groups excluding tert-OH is 1. The van der Waals surface area contributed by atoms with E-state index in [-0.39, 0.29) is 4.91 Å². The maximum atomic E-state index is 12.0. The lowest BCUT2D eigenvalue weighted by molar-refractivity contribution is 0.207. The third-order valence-corrected chi connectivity index (χ3v) is 6.00. The number of benzene rings is 1. The van der Waals surface area contributed by atoms with Crippen LogP contribution in [-0.4, -0.2) is 25.9 Å². The predicted octanol–water partition coefficient (Wildman–Crippen LogP) is 5.44. The second kappa shape index (κ2) is 13.1. The number of hydrogen-bond donors (Lipinski definition) is 1. The predicted molar refractivity (Wildman–Crippen MR) is 111 cm³/mol. The van der Waals surface area contributed by atoms with Gasteiger partial charge >= 0.3 is 0 Å². The van der Waals surface area contributed by atoms with Gasteiger partial charge in [-0.1, -0.05) is 88.3 Å². The van der Waals surface area contributed by atoms with Crippen LogP contribution in [0.4, 0.5) is 0 Å². The summed E-state index contributed by atoms with van der Waals surface area (Å²) in [7, 11) is -3.37. The van der Waals surface area contributed by atoms with Gasteiger partial charge in [0.05, 0.1) is 11.0 Å². The smallest absolute Gasteiger partial charge is 0.173 e. The zero-order valence-corrected chi connectivity index (χ0v) is 17.3. The number of rotatable bonds is 14. The van der Waals surface area contributed by atoms with Gasteiger partial charge in [-0.3, -0.25) is 0 Å². The van der Waals surface area contributed by atoms with Crippen molar-refractivity contribution < 1.29 is 13.5 Å². The highest BCUT2D eigenvalue weighted by molar-refractivity contribution is 7.94. The fourth-order valence-corrected chi connectivity index (χ4v) is 4.18. The Bertz CT molecular complexity index is 606. The summed E-state index contributed by atoms with van der Waals surface area (Å²) < 4.78 is 24.0. The monoisotopic (exact) mass is 380 g/mol. The van der Waals surface area contributed by atoms with E-state index in [0.29, 0.717) is 12.8 Å². The van der Waals surface area contributed by atoms with Gasteiger partial charge < -0.3 is 5.11 Å². The van der Waals surface area contributed by atoms with Crippen LogP contribution in [0.25, 0.3) is 0 Å². The van der Waals surface area contributed by atoms with Crippen LogP contribution < -0.4 is 0 Å². The van der Waals surface area contributed by atoms with Gasteiger partial charge in [-0.25, -0.2) is 8.42 Å². The van der Waals surface area contributed by atoms with Crippen LogP contribution in [0.3, 0.4) is 0 Å². The van der Waals surface area contributed by atoms with E-state index in [1.54, 1.807) is 6.08 Å². The van der Waals surface area contributed by atoms with Crippen LogP contribution in [0.2, 0.25) is 0 Å². The van der Waals surface area contributed by atoms with Crippen molar-refractivity contribution in [1.29, 1.82) is 0 Å². The topological polar surface area (TPSA) is 54.4 Å². The van der Waals surface area contributed by atoms with Gasteiger partial charge in [0.2, 0.25) is 0 Å². The van der Waals surface area contributed by atoms with E-state index in [0.717, 1.165) is 24.8 Å². The summed E-state index contributed by atoms with van der Waals surface area (Å²) in [6.45, 7) is 2.22. The van der Waals surface area contributed by atoms with Crippen molar-refractivity contribution in [3.63, 3.8) is 0 Å². The normalized spacial score (nSPS) is 13.7. The summed E-state index contributed by atoms with van der Waals surface area (Å²) >= 11 is 0. The van der Waals surface area contributed by atoms with Crippen LogP contribution in [0.1, 0.15) is 76.7 Å². The quantitative estimate of drug-likeness (QED) is 0.437. The van der Waals surface area contributed by atoms with E-state index >= 15 is 0 Å². The number of allylic oxidation sites excluding steroid dienone is 1. The molecule has 0 saturated carbocycles.